The van der Waals surface area contributed by atoms with Crippen LogP contribution in [0.15, 0.2) is 143 Å². The van der Waals surface area contributed by atoms with Gasteiger partial charge in [0.2, 0.25) is 0 Å². The number of rotatable bonds is 10. The smallest absolute Gasteiger partial charge is 0.502 e. The van der Waals surface area contributed by atoms with Crippen LogP contribution in [0.3, 0.4) is 0 Å². The van der Waals surface area contributed by atoms with E-state index in [0.29, 0.717) is 11.3 Å². The first-order valence-corrected chi connectivity index (χ1v) is 18.0. The molecule has 47 heavy (non-hydrogen) atoms. The first kappa shape index (κ1) is 31.8. The van der Waals surface area contributed by atoms with Crippen molar-refractivity contribution < 1.29 is 19.1 Å². The maximum absolute atomic E-state index is 12.9. The zero-order chi connectivity index (χ0) is 32.8. The Balaban J connectivity index is 1.20. The molecule has 0 aliphatic rings. The van der Waals surface area contributed by atoms with Crippen molar-refractivity contribution in [3.05, 3.63) is 149 Å². The van der Waals surface area contributed by atoms with Gasteiger partial charge in [-0.15, -0.1) is 0 Å². The third-order valence-corrected chi connectivity index (χ3v) is 13.8. The van der Waals surface area contributed by atoms with E-state index in [1.807, 2.05) is 12.1 Å². The van der Waals surface area contributed by atoms with Crippen LogP contribution in [0, 0.1) is 0 Å². The van der Waals surface area contributed by atoms with E-state index in [9.17, 15) is 14.7 Å². The molecule has 0 aliphatic heterocycles. The molecule has 238 valence electrons. The van der Waals surface area contributed by atoms with Gasteiger partial charge in [0, 0.05) is 14.1 Å². The number of benzene rings is 5. The average Bonchev–Trinajstić information content (AvgIpc) is 3.11. The standard InChI is InChI=1S/C40H38NO5P/c1-41(2)40(44)46-36-26-25-34-35(42)28-37(45-39(34)38(36)43)30-23-21-29(22-24-30)14-12-13-27-47(31-15-6-3-7-16-31,32-17-8-4-9-18-32)33-19-10-5-11-20-33/h3-11,15-26,28,43,47H,12-14,27H2,1-2H3. The van der Waals surface area contributed by atoms with Crippen molar-refractivity contribution in [2.45, 2.75) is 19.3 Å². The number of carbonyl (C=O) groups is 1. The number of nitrogens with zero attached hydrogens (tertiary/aromatic N) is 1. The normalized spacial score (nSPS) is 11.7. The van der Waals surface area contributed by atoms with Crippen LogP contribution in [0.1, 0.15) is 18.4 Å². The van der Waals surface area contributed by atoms with Crippen LogP contribution in [-0.2, 0) is 6.42 Å². The van der Waals surface area contributed by atoms with Crippen molar-refractivity contribution in [3.63, 3.8) is 0 Å². The van der Waals surface area contributed by atoms with E-state index in [2.05, 4.69) is 103 Å². The van der Waals surface area contributed by atoms with E-state index in [1.165, 1.54) is 58.7 Å². The van der Waals surface area contributed by atoms with Gasteiger partial charge in [0.05, 0.1) is 0 Å². The molecule has 6 aromatic rings. The molecule has 0 bridgehead atoms. The average molecular weight is 644 g/mol. The second-order valence-corrected chi connectivity index (χ2v) is 16.0. The summed E-state index contributed by atoms with van der Waals surface area (Å²) >= 11 is 0. The van der Waals surface area contributed by atoms with Gasteiger partial charge in [-0.2, -0.15) is 0 Å². The fraction of sp³-hybridized carbons (Fsp3) is 0.150. The molecule has 0 radical (unpaired) electrons. The molecular weight excluding hydrogens is 605 g/mol. The Labute approximate surface area is 275 Å². The molecule has 1 aromatic heterocycles. The molecule has 5 aromatic carbocycles. The first-order chi connectivity index (χ1) is 22.9. The number of carbonyl (C=O) groups excluding carboxylic acids is 1. The second kappa shape index (κ2) is 14.1. The monoisotopic (exact) mass is 643 g/mol. The Morgan fingerprint density at radius 3 is 1.83 bits per heavy atom. The van der Waals surface area contributed by atoms with Crippen LogP contribution >= 0.6 is 7.26 Å². The van der Waals surface area contributed by atoms with E-state index in [-0.39, 0.29) is 22.1 Å². The zero-order valence-corrected chi connectivity index (χ0v) is 27.6. The first-order valence-electron chi connectivity index (χ1n) is 15.8. The minimum atomic E-state index is -2.26. The number of hydrogen-bond donors (Lipinski definition) is 1. The molecule has 0 unspecified atom stereocenters. The Kier molecular flexibility index (Phi) is 9.51. The number of phenolic OH excluding ortho intramolecular Hbond substituents is 1. The molecule has 0 fully saturated rings. The van der Waals surface area contributed by atoms with E-state index in [0.717, 1.165) is 25.4 Å². The quantitative estimate of drug-likeness (QED) is 0.125. The van der Waals surface area contributed by atoms with Crippen LogP contribution in [0.25, 0.3) is 22.3 Å². The Bertz CT molecular complexity index is 1930. The van der Waals surface area contributed by atoms with Crippen LogP contribution in [-0.4, -0.2) is 36.4 Å². The van der Waals surface area contributed by atoms with Gasteiger partial charge in [0.15, 0.2) is 5.75 Å². The molecular formula is C40H38NO5P. The summed E-state index contributed by atoms with van der Waals surface area (Å²) in [5, 5.41) is 15.3. The summed E-state index contributed by atoms with van der Waals surface area (Å²) in [5.41, 5.74) is 1.59. The Hall–Kier alpha value is -5.19. The van der Waals surface area contributed by atoms with Gasteiger partial charge in [-0.1, -0.05) is 0 Å². The molecule has 1 amide bonds. The molecule has 0 spiro atoms. The summed E-state index contributed by atoms with van der Waals surface area (Å²) in [4.78, 5) is 26.2. The topological polar surface area (TPSA) is 80.0 Å². The molecule has 1 N–H and O–H groups in total. The number of hydrogen-bond acceptors (Lipinski definition) is 5. The van der Waals surface area contributed by atoms with Crippen molar-refractivity contribution in [1.82, 2.24) is 4.90 Å². The van der Waals surface area contributed by atoms with Crippen molar-refractivity contribution in [1.29, 1.82) is 0 Å². The van der Waals surface area contributed by atoms with Crippen molar-refractivity contribution in [3.8, 4) is 22.8 Å². The predicted molar refractivity (Wildman–Crippen MR) is 194 cm³/mol. The Morgan fingerprint density at radius 1 is 0.745 bits per heavy atom. The van der Waals surface area contributed by atoms with E-state index >= 15 is 0 Å². The SMILES string of the molecule is CN(C)C(=O)Oc1ccc2c(=O)cc(-c3ccc(CCCC[PH](c4ccccc4)(c4ccccc4)c4ccccc4)cc3)oc2c1O. The molecule has 6 nitrogen and oxygen atoms in total. The molecule has 0 aliphatic carbocycles. The van der Waals surface area contributed by atoms with E-state index in [1.54, 1.807) is 0 Å². The van der Waals surface area contributed by atoms with Gasteiger partial charge in [-0.3, -0.25) is 0 Å². The summed E-state index contributed by atoms with van der Waals surface area (Å²) in [6, 6.07) is 45.3. The van der Waals surface area contributed by atoms with Gasteiger partial charge >= 0.3 is 224 Å². The van der Waals surface area contributed by atoms with Crippen LogP contribution in [0.2, 0.25) is 0 Å². The van der Waals surface area contributed by atoms with Gasteiger partial charge in [-0.05, 0) is 12.1 Å². The van der Waals surface area contributed by atoms with Gasteiger partial charge in [0.1, 0.15) is 0 Å². The number of aryl methyl sites for hydroxylation is 1. The summed E-state index contributed by atoms with van der Waals surface area (Å²) in [7, 11) is 0.819. The zero-order valence-electron chi connectivity index (χ0n) is 26.6. The van der Waals surface area contributed by atoms with Crippen molar-refractivity contribution >= 4 is 40.2 Å². The van der Waals surface area contributed by atoms with Crippen LogP contribution in [0.5, 0.6) is 11.5 Å². The summed E-state index contributed by atoms with van der Waals surface area (Å²) in [5.74, 6) is -0.148. The fourth-order valence-corrected chi connectivity index (χ4v) is 11.2. The molecule has 0 atom stereocenters. The number of amides is 1. The number of phenols is 1. The molecule has 1 heterocycles. The summed E-state index contributed by atoms with van der Waals surface area (Å²) in [6.45, 7) is 0. The maximum atomic E-state index is 12.9. The number of unbranched alkanes of at least 4 members (excludes halogenated alkanes) is 1. The third-order valence-electron chi connectivity index (χ3n) is 8.70. The second-order valence-electron chi connectivity index (χ2n) is 11.9. The van der Waals surface area contributed by atoms with Crippen LogP contribution < -0.4 is 26.1 Å². The fourth-order valence-electron chi connectivity index (χ4n) is 6.25. The van der Waals surface area contributed by atoms with Crippen LogP contribution in [0.4, 0.5) is 4.79 Å². The molecule has 0 saturated heterocycles. The van der Waals surface area contributed by atoms with Gasteiger partial charge in [0.25, 0.3) is 0 Å². The van der Waals surface area contributed by atoms with Gasteiger partial charge in [-0.25, -0.2) is 4.79 Å². The molecule has 6 rings (SSSR count). The number of aromatic hydroxyl groups is 1. The summed E-state index contributed by atoms with van der Waals surface area (Å²) in [6.07, 6.45) is 3.48. The van der Waals surface area contributed by atoms with Crippen molar-refractivity contribution in [2.75, 3.05) is 20.3 Å². The molecule has 0 saturated carbocycles. The minimum Gasteiger partial charge on any atom is -0.502 e. The van der Waals surface area contributed by atoms with E-state index < -0.39 is 19.1 Å². The number of fused-ring (bicyclic) bond motifs is 1. The van der Waals surface area contributed by atoms with Gasteiger partial charge < -0.3 is 14.7 Å². The molecule has 7 heteroatoms. The van der Waals surface area contributed by atoms with Crippen molar-refractivity contribution in [2.24, 2.45) is 0 Å². The minimum absolute atomic E-state index is 0.0245. The number of ether oxygens (including phenoxy) is 1. The predicted octanol–water partition coefficient (Wildman–Crippen LogP) is 7.28. The van der Waals surface area contributed by atoms with E-state index in [4.69, 9.17) is 9.15 Å². The third kappa shape index (κ3) is 6.70. The summed E-state index contributed by atoms with van der Waals surface area (Å²) < 4.78 is 11.2. The Morgan fingerprint density at radius 2 is 1.30 bits per heavy atom.